The van der Waals surface area contributed by atoms with E-state index >= 15 is 0 Å². The van der Waals surface area contributed by atoms with E-state index in [-0.39, 0.29) is 15.9 Å². The Morgan fingerprint density at radius 3 is 2.65 bits per heavy atom. The average Bonchev–Trinajstić information content (AvgIpc) is 2.49. The Morgan fingerprint density at radius 2 is 2.04 bits per heavy atom. The fourth-order valence-corrected chi connectivity index (χ4v) is 2.06. The summed E-state index contributed by atoms with van der Waals surface area (Å²) in [5, 5.41) is 3.81. The standard InChI is InChI=1S/C13H9BrF4N2O3/c1-22-9-6-19-20(11(21)10(9)14)7-3-2-4-8(5-7)23-13(17,18)12(15)16/h2-6,12H,1H3. The normalized spacial score (nSPS) is 11.6. The van der Waals surface area contributed by atoms with Gasteiger partial charge in [0, 0.05) is 6.07 Å². The minimum atomic E-state index is -4.64. The number of rotatable bonds is 5. The lowest BCUT2D eigenvalue weighted by Gasteiger charge is -2.17. The Bertz CT molecular complexity index is 767. The van der Waals surface area contributed by atoms with Crippen LogP contribution >= 0.6 is 15.9 Å². The number of alkyl halides is 4. The van der Waals surface area contributed by atoms with E-state index in [9.17, 15) is 22.4 Å². The summed E-state index contributed by atoms with van der Waals surface area (Å²) < 4.78 is 60.0. The van der Waals surface area contributed by atoms with E-state index in [4.69, 9.17) is 4.74 Å². The van der Waals surface area contributed by atoms with E-state index < -0.39 is 23.8 Å². The van der Waals surface area contributed by atoms with E-state index in [1.165, 1.54) is 25.4 Å². The molecule has 1 heterocycles. The number of hydrogen-bond acceptors (Lipinski definition) is 4. The Morgan fingerprint density at radius 1 is 1.35 bits per heavy atom. The van der Waals surface area contributed by atoms with Crippen molar-refractivity contribution >= 4 is 15.9 Å². The summed E-state index contributed by atoms with van der Waals surface area (Å²) in [5.74, 6) is -0.351. The highest BCUT2D eigenvalue weighted by Crippen LogP contribution is 2.28. The molecule has 1 aromatic carbocycles. The number of methoxy groups -OCH3 is 1. The summed E-state index contributed by atoms with van der Waals surface area (Å²) in [6, 6.07) is 4.69. The monoisotopic (exact) mass is 396 g/mol. The molecule has 0 aliphatic heterocycles. The smallest absolute Gasteiger partial charge is 0.461 e. The molecule has 2 rings (SSSR count). The second-order valence-electron chi connectivity index (χ2n) is 4.21. The predicted octanol–water partition coefficient (Wildman–Crippen LogP) is 3.24. The minimum Gasteiger partial charge on any atom is -0.494 e. The van der Waals surface area contributed by atoms with Gasteiger partial charge in [-0.15, -0.1) is 0 Å². The number of nitrogens with zero attached hydrogens (tertiary/aromatic N) is 2. The van der Waals surface area contributed by atoms with Crippen LogP contribution in [0.1, 0.15) is 0 Å². The van der Waals surface area contributed by atoms with Gasteiger partial charge in [-0.1, -0.05) is 6.07 Å². The SMILES string of the molecule is COc1cnn(-c2cccc(OC(F)(F)C(F)F)c2)c(=O)c1Br. The van der Waals surface area contributed by atoms with Crippen molar-refractivity contribution in [1.82, 2.24) is 9.78 Å². The van der Waals surface area contributed by atoms with Crippen LogP contribution in [0.5, 0.6) is 11.5 Å². The van der Waals surface area contributed by atoms with Gasteiger partial charge in [0.15, 0.2) is 5.75 Å². The molecule has 0 N–H and O–H groups in total. The molecule has 0 radical (unpaired) electrons. The van der Waals surface area contributed by atoms with Crippen LogP contribution in [0.25, 0.3) is 5.69 Å². The molecule has 124 valence electrons. The third kappa shape index (κ3) is 3.63. The van der Waals surface area contributed by atoms with E-state index in [0.717, 1.165) is 16.8 Å². The summed E-state index contributed by atoms with van der Waals surface area (Å²) in [6.07, 6.45) is -7.40. The van der Waals surface area contributed by atoms with E-state index in [1.54, 1.807) is 0 Å². The van der Waals surface area contributed by atoms with Crippen LogP contribution in [0, 0.1) is 0 Å². The first-order chi connectivity index (χ1) is 10.8. The average molecular weight is 397 g/mol. The molecule has 0 saturated carbocycles. The van der Waals surface area contributed by atoms with Gasteiger partial charge in [-0.3, -0.25) is 4.79 Å². The predicted molar refractivity (Wildman–Crippen MR) is 75.7 cm³/mol. The second kappa shape index (κ2) is 6.57. The molecule has 0 fully saturated rings. The van der Waals surface area contributed by atoms with Gasteiger partial charge in [-0.2, -0.15) is 27.3 Å². The molecular weight excluding hydrogens is 388 g/mol. The van der Waals surface area contributed by atoms with Gasteiger partial charge < -0.3 is 9.47 Å². The highest BCUT2D eigenvalue weighted by atomic mass is 79.9. The van der Waals surface area contributed by atoms with Crippen LogP contribution in [0.15, 0.2) is 39.7 Å². The number of halogens is 5. The van der Waals surface area contributed by atoms with Gasteiger partial charge in [0.25, 0.3) is 5.56 Å². The molecule has 0 unspecified atom stereocenters. The van der Waals surface area contributed by atoms with Crippen LogP contribution in [0.4, 0.5) is 17.6 Å². The van der Waals surface area contributed by atoms with Crippen molar-refractivity contribution in [2.45, 2.75) is 12.5 Å². The maximum Gasteiger partial charge on any atom is 0.461 e. The summed E-state index contributed by atoms with van der Waals surface area (Å²) in [4.78, 5) is 12.1. The van der Waals surface area contributed by atoms with Crippen molar-refractivity contribution in [3.05, 3.63) is 45.3 Å². The molecular formula is C13H9BrF4N2O3. The van der Waals surface area contributed by atoms with E-state index in [2.05, 4.69) is 25.8 Å². The first-order valence-corrected chi connectivity index (χ1v) is 6.83. The third-order valence-corrected chi connectivity index (χ3v) is 3.41. The van der Waals surface area contributed by atoms with Crippen molar-refractivity contribution in [1.29, 1.82) is 0 Å². The lowest BCUT2D eigenvalue weighted by atomic mass is 10.3. The number of ether oxygens (including phenoxy) is 2. The number of aromatic nitrogens is 2. The van der Waals surface area contributed by atoms with Crippen LogP contribution in [-0.2, 0) is 0 Å². The van der Waals surface area contributed by atoms with Gasteiger partial charge >= 0.3 is 12.5 Å². The lowest BCUT2D eigenvalue weighted by Crippen LogP contribution is -2.33. The van der Waals surface area contributed by atoms with Crippen LogP contribution in [-0.4, -0.2) is 29.4 Å². The van der Waals surface area contributed by atoms with E-state index in [1.807, 2.05) is 0 Å². The zero-order valence-corrected chi connectivity index (χ0v) is 13.1. The molecule has 0 amide bonds. The molecule has 5 nitrogen and oxygen atoms in total. The Balaban J connectivity index is 2.42. The summed E-state index contributed by atoms with van der Waals surface area (Å²) in [7, 11) is 1.34. The van der Waals surface area contributed by atoms with Gasteiger partial charge in [0.1, 0.15) is 10.2 Å². The van der Waals surface area contributed by atoms with Crippen molar-refractivity contribution in [3.8, 4) is 17.2 Å². The van der Waals surface area contributed by atoms with Gasteiger partial charge in [0.2, 0.25) is 0 Å². The minimum absolute atomic E-state index is 0.0564. The Hall–Kier alpha value is -2.10. The summed E-state index contributed by atoms with van der Waals surface area (Å²) in [5.41, 5.74) is -0.567. The largest absolute Gasteiger partial charge is 0.494 e. The summed E-state index contributed by atoms with van der Waals surface area (Å²) in [6.45, 7) is 0. The quantitative estimate of drug-likeness (QED) is 0.728. The zero-order valence-electron chi connectivity index (χ0n) is 11.5. The molecule has 0 spiro atoms. The molecule has 0 atom stereocenters. The molecule has 0 saturated heterocycles. The van der Waals surface area contributed by atoms with Crippen LogP contribution in [0.3, 0.4) is 0 Å². The fourth-order valence-electron chi connectivity index (χ4n) is 1.62. The molecule has 0 bridgehead atoms. The molecule has 1 aromatic heterocycles. The molecule has 0 aliphatic carbocycles. The molecule has 2 aromatic rings. The van der Waals surface area contributed by atoms with Gasteiger partial charge in [-0.05, 0) is 28.1 Å². The highest BCUT2D eigenvalue weighted by Gasteiger charge is 2.44. The van der Waals surface area contributed by atoms with Crippen molar-refractivity contribution in [2.75, 3.05) is 7.11 Å². The third-order valence-electron chi connectivity index (χ3n) is 2.68. The Labute approximate surface area is 135 Å². The van der Waals surface area contributed by atoms with Crippen LogP contribution in [0.2, 0.25) is 0 Å². The summed E-state index contributed by atoms with van der Waals surface area (Å²) >= 11 is 3.03. The lowest BCUT2D eigenvalue weighted by molar-refractivity contribution is -0.253. The van der Waals surface area contributed by atoms with Crippen LogP contribution < -0.4 is 15.0 Å². The van der Waals surface area contributed by atoms with Crippen molar-refractivity contribution in [2.24, 2.45) is 0 Å². The molecule has 0 aliphatic rings. The highest BCUT2D eigenvalue weighted by molar-refractivity contribution is 9.10. The first kappa shape index (κ1) is 17.3. The zero-order chi connectivity index (χ0) is 17.2. The maximum atomic E-state index is 12.9. The van der Waals surface area contributed by atoms with Gasteiger partial charge in [-0.25, -0.2) is 0 Å². The maximum absolute atomic E-state index is 12.9. The van der Waals surface area contributed by atoms with Crippen molar-refractivity contribution < 1.29 is 27.0 Å². The molecule has 10 heteroatoms. The number of benzene rings is 1. The molecule has 23 heavy (non-hydrogen) atoms. The Kier molecular flexibility index (Phi) is 4.93. The van der Waals surface area contributed by atoms with Crippen molar-refractivity contribution in [3.63, 3.8) is 0 Å². The van der Waals surface area contributed by atoms with E-state index in [0.29, 0.717) is 0 Å². The topological polar surface area (TPSA) is 53.4 Å². The van der Waals surface area contributed by atoms with Gasteiger partial charge in [0.05, 0.1) is 19.0 Å². The second-order valence-corrected chi connectivity index (χ2v) is 5.00. The fraction of sp³-hybridized carbons (Fsp3) is 0.231. The number of hydrogen-bond donors (Lipinski definition) is 0. The first-order valence-electron chi connectivity index (χ1n) is 6.03.